The Morgan fingerprint density at radius 3 is 2.30 bits per heavy atom. The van der Waals surface area contributed by atoms with Crippen molar-refractivity contribution in [2.24, 2.45) is 5.92 Å². The van der Waals surface area contributed by atoms with Gasteiger partial charge in [-0.15, -0.1) is 0 Å². The van der Waals surface area contributed by atoms with E-state index in [1.807, 2.05) is 0 Å². The molecule has 0 aromatic carbocycles. The number of hydrogen-bond acceptors (Lipinski definition) is 1. The summed E-state index contributed by atoms with van der Waals surface area (Å²) in [6.07, 6.45) is 1.11. The Bertz CT molecular complexity index is 105. The molecule has 1 atom stereocenters. The molecule has 0 fully saturated rings. The molecule has 0 rings (SSSR count). The summed E-state index contributed by atoms with van der Waals surface area (Å²) in [6.45, 7) is 9.51. The predicted octanol–water partition coefficient (Wildman–Crippen LogP) is 2.15. The summed E-state index contributed by atoms with van der Waals surface area (Å²) in [5.74, 6) is 0.639. The van der Waals surface area contributed by atoms with Crippen molar-refractivity contribution in [1.82, 2.24) is 4.90 Å². The molecule has 0 spiro atoms. The number of rotatable bonds is 4. The fraction of sp³-hybridized carbons (Fsp3) is 0.778. The summed E-state index contributed by atoms with van der Waals surface area (Å²) in [4.78, 5) is 2.20. The van der Waals surface area contributed by atoms with Crippen LogP contribution in [0.25, 0.3) is 0 Å². The fourth-order valence-corrected chi connectivity index (χ4v) is 1.03. The van der Waals surface area contributed by atoms with E-state index in [2.05, 4.69) is 39.4 Å². The van der Waals surface area contributed by atoms with Gasteiger partial charge in [0.15, 0.2) is 0 Å². The molecule has 0 saturated heterocycles. The highest BCUT2D eigenvalue weighted by molar-refractivity contribution is 4.98. The first-order chi connectivity index (χ1) is 4.57. The molecule has 0 N–H and O–H groups in total. The van der Waals surface area contributed by atoms with Crippen LogP contribution in [0.4, 0.5) is 0 Å². The van der Waals surface area contributed by atoms with Crippen LogP contribution in [0.5, 0.6) is 0 Å². The quantitative estimate of drug-likeness (QED) is 0.542. The Balaban J connectivity index is 3.61. The molecule has 0 heterocycles. The van der Waals surface area contributed by atoms with Crippen LogP contribution in [0.15, 0.2) is 12.2 Å². The van der Waals surface area contributed by atoms with E-state index >= 15 is 0 Å². The van der Waals surface area contributed by atoms with Crippen molar-refractivity contribution >= 4 is 0 Å². The van der Waals surface area contributed by atoms with Crippen molar-refractivity contribution < 1.29 is 0 Å². The van der Waals surface area contributed by atoms with Gasteiger partial charge in [0.25, 0.3) is 0 Å². The lowest BCUT2D eigenvalue weighted by Crippen LogP contribution is -2.20. The van der Waals surface area contributed by atoms with Crippen molar-refractivity contribution in [3.63, 3.8) is 0 Å². The molecule has 0 aliphatic rings. The Morgan fingerprint density at radius 1 is 1.50 bits per heavy atom. The van der Waals surface area contributed by atoms with Gasteiger partial charge in [-0.25, -0.2) is 0 Å². The van der Waals surface area contributed by atoms with E-state index in [-0.39, 0.29) is 0 Å². The first kappa shape index (κ1) is 9.70. The van der Waals surface area contributed by atoms with Gasteiger partial charge in [-0.1, -0.05) is 26.0 Å². The third-order valence-corrected chi connectivity index (χ3v) is 1.79. The minimum atomic E-state index is 0.639. The van der Waals surface area contributed by atoms with E-state index in [4.69, 9.17) is 0 Å². The molecule has 60 valence electrons. The van der Waals surface area contributed by atoms with Crippen molar-refractivity contribution in [3.8, 4) is 0 Å². The molecule has 1 heteroatoms. The van der Waals surface area contributed by atoms with E-state index in [1.54, 1.807) is 0 Å². The standard InChI is InChI=1S/C9H19N/c1-6-8(2)9(3)7-10(4)5/h9H,2,6-7H2,1,3-5H3. The summed E-state index contributed by atoms with van der Waals surface area (Å²) in [7, 11) is 4.19. The maximum absolute atomic E-state index is 4.00. The molecule has 0 amide bonds. The van der Waals surface area contributed by atoms with E-state index < -0.39 is 0 Å². The molecule has 1 nitrogen and oxygen atoms in total. The summed E-state index contributed by atoms with van der Waals surface area (Å²) in [5.41, 5.74) is 1.36. The van der Waals surface area contributed by atoms with Gasteiger partial charge >= 0.3 is 0 Å². The van der Waals surface area contributed by atoms with Crippen molar-refractivity contribution in [2.75, 3.05) is 20.6 Å². The van der Waals surface area contributed by atoms with Crippen LogP contribution in [0.3, 0.4) is 0 Å². The second-order valence-electron chi connectivity index (χ2n) is 3.18. The second kappa shape index (κ2) is 4.51. The smallest absolute Gasteiger partial charge is 0.00381 e. The molecular formula is C9H19N. The third kappa shape index (κ3) is 3.67. The van der Waals surface area contributed by atoms with Gasteiger partial charge in [-0.2, -0.15) is 0 Å². The molecule has 0 saturated carbocycles. The van der Waals surface area contributed by atoms with Crippen molar-refractivity contribution in [1.29, 1.82) is 0 Å². The van der Waals surface area contributed by atoms with Gasteiger partial charge in [0.05, 0.1) is 0 Å². The van der Waals surface area contributed by atoms with Crippen LogP contribution in [0.1, 0.15) is 20.3 Å². The molecule has 0 aliphatic heterocycles. The number of hydrogen-bond donors (Lipinski definition) is 0. The Hall–Kier alpha value is -0.300. The second-order valence-corrected chi connectivity index (χ2v) is 3.18. The van der Waals surface area contributed by atoms with Crippen LogP contribution in [-0.2, 0) is 0 Å². The molecule has 0 bridgehead atoms. The molecule has 0 aliphatic carbocycles. The zero-order chi connectivity index (χ0) is 8.15. The molecule has 0 aromatic heterocycles. The summed E-state index contributed by atoms with van der Waals surface area (Å²) >= 11 is 0. The lowest BCUT2D eigenvalue weighted by Gasteiger charge is -2.17. The van der Waals surface area contributed by atoms with Crippen LogP contribution < -0.4 is 0 Å². The van der Waals surface area contributed by atoms with E-state index in [9.17, 15) is 0 Å². The van der Waals surface area contributed by atoms with E-state index in [1.165, 1.54) is 5.57 Å². The maximum Gasteiger partial charge on any atom is 0.00381 e. The highest BCUT2D eigenvalue weighted by Gasteiger charge is 2.04. The summed E-state index contributed by atoms with van der Waals surface area (Å²) in [5, 5.41) is 0. The fourth-order valence-electron chi connectivity index (χ4n) is 1.03. The highest BCUT2D eigenvalue weighted by Crippen LogP contribution is 2.11. The van der Waals surface area contributed by atoms with Gasteiger partial charge in [-0.05, 0) is 26.4 Å². The molecule has 10 heavy (non-hydrogen) atoms. The maximum atomic E-state index is 4.00. The Labute approximate surface area is 64.7 Å². The largest absolute Gasteiger partial charge is 0.309 e. The summed E-state index contributed by atoms with van der Waals surface area (Å²) < 4.78 is 0. The lowest BCUT2D eigenvalue weighted by molar-refractivity contribution is 0.361. The van der Waals surface area contributed by atoms with E-state index in [0.717, 1.165) is 13.0 Å². The normalized spacial score (nSPS) is 13.7. The molecule has 1 unspecified atom stereocenters. The zero-order valence-electron chi connectivity index (χ0n) is 7.65. The Morgan fingerprint density at radius 2 is 2.00 bits per heavy atom. The topological polar surface area (TPSA) is 3.24 Å². The minimum absolute atomic E-state index is 0.639. The van der Waals surface area contributed by atoms with Gasteiger partial charge < -0.3 is 4.90 Å². The van der Waals surface area contributed by atoms with Crippen LogP contribution in [0, 0.1) is 5.92 Å². The van der Waals surface area contributed by atoms with Crippen molar-refractivity contribution in [3.05, 3.63) is 12.2 Å². The lowest BCUT2D eigenvalue weighted by atomic mass is 10.0. The number of nitrogens with zero attached hydrogens (tertiary/aromatic N) is 1. The Kier molecular flexibility index (Phi) is 4.37. The molecule has 0 radical (unpaired) electrons. The van der Waals surface area contributed by atoms with Crippen LogP contribution in [0.2, 0.25) is 0 Å². The minimum Gasteiger partial charge on any atom is -0.309 e. The average molecular weight is 141 g/mol. The highest BCUT2D eigenvalue weighted by atomic mass is 15.1. The first-order valence-corrected chi connectivity index (χ1v) is 3.90. The first-order valence-electron chi connectivity index (χ1n) is 3.90. The molecular weight excluding hydrogens is 122 g/mol. The van der Waals surface area contributed by atoms with Gasteiger partial charge in [0, 0.05) is 6.54 Å². The van der Waals surface area contributed by atoms with Gasteiger partial charge in [0.1, 0.15) is 0 Å². The average Bonchev–Trinajstić information content (AvgIpc) is 1.85. The molecule has 0 aromatic rings. The van der Waals surface area contributed by atoms with E-state index in [0.29, 0.717) is 5.92 Å². The summed E-state index contributed by atoms with van der Waals surface area (Å²) in [6, 6.07) is 0. The van der Waals surface area contributed by atoms with Crippen LogP contribution in [-0.4, -0.2) is 25.5 Å². The SMILES string of the molecule is C=C(CC)C(C)CN(C)C. The van der Waals surface area contributed by atoms with Gasteiger partial charge in [0.2, 0.25) is 0 Å². The zero-order valence-corrected chi connectivity index (χ0v) is 7.65. The monoisotopic (exact) mass is 141 g/mol. The third-order valence-electron chi connectivity index (χ3n) is 1.79. The van der Waals surface area contributed by atoms with Gasteiger partial charge in [-0.3, -0.25) is 0 Å². The predicted molar refractivity (Wildman–Crippen MR) is 47.1 cm³/mol. The van der Waals surface area contributed by atoms with Crippen LogP contribution >= 0.6 is 0 Å². The van der Waals surface area contributed by atoms with Crippen molar-refractivity contribution in [2.45, 2.75) is 20.3 Å².